The highest BCUT2D eigenvalue weighted by atomic mass is 15.1. The highest BCUT2D eigenvalue weighted by Gasteiger charge is 2.14. The first-order valence-corrected chi connectivity index (χ1v) is 7.96. The van der Waals surface area contributed by atoms with Crippen LogP contribution < -0.4 is 5.32 Å². The lowest BCUT2D eigenvalue weighted by molar-refractivity contribution is 0.387. The number of hydrogen-bond donors (Lipinski definition) is 1. The zero-order valence-electron chi connectivity index (χ0n) is 14.0. The summed E-state index contributed by atoms with van der Waals surface area (Å²) in [5.74, 6) is 0. The van der Waals surface area contributed by atoms with Gasteiger partial charge in [0.15, 0.2) is 0 Å². The maximum Gasteiger partial charge on any atom is 0.0725 e. The topological polar surface area (TPSA) is 28.2 Å². The number of rotatable bonds is 5. The van der Waals surface area contributed by atoms with Gasteiger partial charge in [0.1, 0.15) is 0 Å². The fraction of sp³-hybridized carbons (Fsp3) is 0.250. The monoisotopic (exact) mass is 305 g/mol. The van der Waals surface area contributed by atoms with Gasteiger partial charge in [-0.2, -0.15) is 0 Å². The summed E-state index contributed by atoms with van der Waals surface area (Å²) in [6, 6.07) is 21.3. The Balaban J connectivity index is 2.00. The first-order chi connectivity index (χ1) is 11.1. The number of nitrogens with one attached hydrogen (secondary N) is 1. The number of para-hydroxylation sites is 1. The smallest absolute Gasteiger partial charge is 0.0725 e. The van der Waals surface area contributed by atoms with Crippen molar-refractivity contribution in [3.05, 3.63) is 71.9 Å². The molecule has 3 rings (SSSR count). The molecule has 0 aliphatic heterocycles. The third-order valence-corrected chi connectivity index (χ3v) is 3.92. The molecule has 2 aromatic carbocycles. The second-order valence-electron chi connectivity index (χ2n) is 6.20. The number of nitrogens with zero attached hydrogens (tertiary/aromatic N) is 2. The quantitative estimate of drug-likeness (QED) is 0.763. The van der Waals surface area contributed by atoms with E-state index < -0.39 is 0 Å². The summed E-state index contributed by atoms with van der Waals surface area (Å²) < 4.78 is 0. The Labute approximate surface area is 138 Å². The van der Waals surface area contributed by atoms with Crippen molar-refractivity contribution in [2.24, 2.45) is 0 Å². The fourth-order valence-corrected chi connectivity index (χ4v) is 2.90. The molecule has 1 aromatic heterocycles. The van der Waals surface area contributed by atoms with E-state index in [9.17, 15) is 0 Å². The minimum absolute atomic E-state index is 0.233. The van der Waals surface area contributed by atoms with E-state index in [2.05, 4.69) is 83.9 Å². The van der Waals surface area contributed by atoms with Crippen LogP contribution >= 0.6 is 0 Å². The molecule has 1 atom stereocenters. The molecular weight excluding hydrogens is 282 g/mol. The lowest BCUT2D eigenvalue weighted by Crippen LogP contribution is -2.25. The average molecular weight is 305 g/mol. The third kappa shape index (κ3) is 3.69. The molecule has 118 valence electrons. The molecule has 0 saturated carbocycles. The largest absolute Gasteiger partial charge is 0.376 e. The number of anilines is 1. The molecule has 0 amide bonds. The van der Waals surface area contributed by atoms with Gasteiger partial charge in [0.2, 0.25) is 0 Å². The molecule has 1 N–H and O–H groups in total. The van der Waals surface area contributed by atoms with Crippen LogP contribution in [0.2, 0.25) is 0 Å². The van der Waals surface area contributed by atoms with Crippen molar-refractivity contribution in [1.82, 2.24) is 9.88 Å². The summed E-state index contributed by atoms with van der Waals surface area (Å²) in [6.07, 6.45) is 0. The molecule has 0 spiro atoms. The van der Waals surface area contributed by atoms with E-state index in [1.807, 2.05) is 13.0 Å². The number of fused-ring (bicyclic) bond motifs is 1. The average Bonchev–Trinajstić information content (AvgIpc) is 2.54. The van der Waals surface area contributed by atoms with Crippen LogP contribution in [0.15, 0.2) is 60.7 Å². The van der Waals surface area contributed by atoms with Crippen LogP contribution in [-0.4, -0.2) is 30.5 Å². The molecule has 3 nitrogen and oxygen atoms in total. The number of pyridine rings is 1. The van der Waals surface area contributed by atoms with E-state index in [1.54, 1.807) is 0 Å². The number of aryl methyl sites for hydroxylation is 1. The number of likely N-dealkylation sites (N-methyl/N-ethyl adjacent to an activating group) is 1. The first-order valence-electron chi connectivity index (χ1n) is 7.96. The van der Waals surface area contributed by atoms with Crippen LogP contribution in [0.4, 0.5) is 5.69 Å². The Kier molecular flexibility index (Phi) is 4.58. The van der Waals surface area contributed by atoms with Crippen molar-refractivity contribution in [2.45, 2.75) is 13.0 Å². The van der Waals surface area contributed by atoms with Crippen LogP contribution in [0.5, 0.6) is 0 Å². The van der Waals surface area contributed by atoms with Gasteiger partial charge in [-0.25, -0.2) is 0 Å². The summed E-state index contributed by atoms with van der Waals surface area (Å²) in [5, 5.41) is 4.89. The molecule has 0 fully saturated rings. The van der Waals surface area contributed by atoms with Gasteiger partial charge in [0.25, 0.3) is 0 Å². The molecule has 0 radical (unpaired) electrons. The summed E-state index contributed by atoms with van der Waals surface area (Å²) in [7, 11) is 4.21. The maximum absolute atomic E-state index is 4.63. The van der Waals surface area contributed by atoms with E-state index in [4.69, 9.17) is 0 Å². The van der Waals surface area contributed by atoms with Gasteiger partial charge < -0.3 is 10.2 Å². The lowest BCUT2D eigenvalue weighted by atomic mass is 10.0. The standard InChI is InChI=1S/C20H23N3/c1-15-13-19(17-11-7-8-12-18(17)21-15)22-20(14-23(2)3)16-9-5-4-6-10-16/h4-13,20H,14H2,1-3H3,(H,21,22)/t20-/m0/s1. The number of aromatic nitrogens is 1. The Morgan fingerprint density at radius 3 is 2.43 bits per heavy atom. The van der Waals surface area contributed by atoms with Crippen LogP contribution in [-0.2, 0) is 0 Å². The molecular formula is C20H23N3. The molecule has 0 bridgehead atoms. The van der Waals surface area contributed by atoms with E-state index >= 15 is 0 Å². The highest BCUT2D eigenvalue weighted by Crippen LogP contribution is 2.27. The van der Waals surface area contributed by atoms with E-state index in [0.717, 1.165) is 28.8 Å². The number of benzene rings is 2. The predicted molar refractivity (Wildman–Crippen MR) is 97.8 cm³/mol. The second-order valence-corrected chi connectivity index (χ2v) is 6.20. The van der Waals surface area contributed by atoms with Gasteiger partial charge in [0, 0.05) is 23.3 Å². The van der Waals surface area contributed by atoms with Gasteiger partial charge in [0.05, 0.1) is 11.6 Å². The summed E-state index contributed by atoms with van der Waals surface area (Å²) in [6.45, 7) is 2.97. The Morgan fingerprint density at radius 1 is 1.00 bits per heavy atom. The molecule has 3 heteroatoms. The molecule has 0 saturated heterocycles. The van der Waals surface area contributed by atoms with Gasteiger partial charge in [-0.3, -0.25) is 4.98 Å². The van der Waals surface area contributed by atoms with E-state index in [1.165, 1.54) is 5.56 Å². The molecule has 0 unspecified atom stereocenters. The summed E-state index contributed by atoms with van der Waals surface area (Å²) >= 11 is 0. The summed E-state index contributed by atoms with van der Waals surface area (Å²) in [5.41, 5.74) is 4.50. The zero-order valence-corrected chi connectivity index (χ0v) is 14.0. The molecule has 23 heavy (non-hydrogen) atoms. The fourth-order valence-electron chi connectivity index (χ4n) is 2.90. The molecule has 0 aliphatic rings. The van der Waals surface area contributed by atoms with E-state index in [-0.39, 0.29) is 6.04 Å². The van der Waals surface area contributed by atoms with Gasteiger partial charge >= 0.3 is 0 Å². The van der Waals surface area contributed by atoms with Crippen molar-refractivity contribution in [2.75, 3.05) is 26.0 Å². The van der Waals surface area contributed by atoms with Crippen LogP contribution in [0.3, 0.4) is 0 Å². The van der Waals surface area contributed by atoms with Crippen LogP contribution in [0.1, 0.15) is 17.3 Å². The normalized spacial score (nSPS) is 12.5. The highest BCUT2D eigenvalue weighted by molar-refractivity contribution is 5.91. The van der Waals surface area contributed by atoms with E-state index in [0.29, 0.717) is 0 Å². The molecule has 3 aromatic rings. The Morgan fingerprint density at radius 2 is 1.70 bits per heavy atom. The Bertz CT molecular complexity index is 781. The summed E-state index contributed by atoms with van der Waals surface area (Å²) in [4.78, 5) is 6.84. The predicted octanol–water partition coefficient (Wildman–Crippen LogP) is 4.26. The third-order valence-electron chi connectivity index (χ3n) is 3.92. The van der Waals surface area contributed by atoms with Crippen molar-refractivity contribution < 1.29 is 0 Å². The van der Waals surface area contributed by atoms with Gasteiger partial charge in [-0.1, -0.05) is 48.5 Å². The van der Waals surface area contributed by atoms with Gasteiger partial charge in [-0.05, 0) is 38.7 Å². The maximum atomic E-state index is 4.63. The van der Waals surface area contributed by atoms with Crippen molar-refractivity contribution >= 4 is 16.6 Å². The number of hydrogen-bond acceptors (Lipinski definition) is 3. The van der Waals surface area contributed by atoms with Crippen LogP contribution in [0, 0.1) is 6.92 Å². The Hall–Kier alpha value is -2.39. The lowest BCUT2D eigenvalue weighted by Gasteiger charge is -2.25. The van der Waals surface area contributed by atoms with Crippen molar-refractivity contribution in [3.63, 3.8) is 0 Å². The van der Waals surface area contributed by atoms with Crippen molar-refractivity contribution in [1.29, 1.82) is 0 Å². The molecule has 0 aliphatic carbocycles. The minimum atomic E-state index is 0.233. The molecule has 1 heterocycles. The first kappa shape index (κ1) is 15.5. The van der Waals surface area contributed by atoms with Crippen LogP contribution in [0.25, 0.3) is 10.9 Å². The SMILES string of the molecule is Cc1cc(N[C@@H](CN(C)C)c2ccccc2)c2ccccc2n1. The minimum Gasteiger partial charge on any atom is -0.376 e. The second kappa shape index (κ2) is 6.80. The van der Waals surface area contributed by atoms with Gasteiger partial charge in [-0.15, -0.1) is 0 Å². The van der Waals surface area contributed by atoms with Crippen molar-refractivity contribution in [3.8, 4) is 0 Å². The zero-order chi connectivity index (χ0) is 16.2.